The number of halogens is 1. The Morgan fingerprint density at radius 3 is 2.93 bits per heavy atom. The van der Waals surface area contributed by atoms with Crippen molar-refractivity contribution >= 4 is 50.5 Å². The maximum atomic E-state index is 13.1. The normalized spacial score (nSPS) is 18.4. The first kappa shape index (κ1) is 17.9. The standard InChI is InChI=1S/C21H20BrN3O2/c1-13-9-10-17(15(22)11-13)24-20(26)12-25-19-8-3-2-6-18(19)23-16-7-4-5-14(16)21(25)27/h2-3,6,8-11,14H,4-5,7,12H2,1H3,(H,24,26)/t14-/m1/s1. The minimum atomic E-state index is -0.232. The molecule has 1 heterocycles. The van der Waals surface area contributed by atoms with Crippen LogP contribution in [0.1, 0.15) is 24.8 Å². The molecule has 1 aliphatic heterocycles. The van der Waals surface area contributed by atoms with E-state index in [1.807, 2.05) is 49.4 Å². The van der Waals surface area contributed by atoms with Crippen LogP contribution in [0.5, 0.6) is 0 Å². The largest absolute Gasteiger partial charge is 0.324 e. The summed E-state index contributed by atoms with van der Waals surface area (Å²) in [6.45, 7) is 1.96. The molecule has 5 nitrogen and oxygen atoms in total. The fraction of sp³-hybridized carbons (Fsp3) is 0.286. The van der Waals surface area contributed by atoms with E-state index in [0.29, 0.717) is 11.4 Å². The van der Waals surface area contributed by atoms with E-state index in [1.165, 1.54) is 0 Å². The van der Waals surface area contributed by atoms with Gasteiger partial charge >= 0.3 is 0 Å². The Balaban J connectivity index is 1.61. The molecule has 2 aromatic carbocycles. The Bertz CT molecular complexity index is 954. The Hall–Kier alpha value is -2.47. The van der Waals surface area contributed by atoms with Gasteiger partial charge < -0.3 is 10.2 Å². The van der Waals surface area contributed by atoms with E-state index in [1.54, 1.807) is 4.90 Å². The lowest BCUT2D eigenvalue weighted by molar-refractivity contribution is -0.122. The zero-order valence-electron chi connectivity index (χ0n) is 15.0. The second-order valence-electron chi connectivity index (χ2n) is 6.99. The van der Waals surface area contributed by atoms with Crippen molar-refractivity contribution < 1.29 is 9.59 Å². The van der Waals surface area contributed by atoms with Gasteiger partial charge in [-0.2, -0.15) is 0 Å². The number of rotatable bonds is 3. The van der Waals surface area contributed by atoms with Crippen molar-refractivity contribution in [3.63, 3.8) is 0 Å². The van der Waals surface area contributed by atoms with E-state index >= 15 is 0 Å². The summed E-state index contributed by atoms with van der Waals surface area (Å²) >= 11 is 3.47. The minimum Gasteiger partial charge on any atom is -0.324 e. The van der Waals surface area contributed by atoms with Gasteiger partial charge in [0, 0.05) is 10.2 Å². The number of carbonyl (C=O) groups excluding carboxylic acids is 2. The molecule has 4 rings (SSSR count). The Morgan fingerprint density at radius 2 is 2.11 bits per heavy atom. The molecule has 2 amide bonds. The zero-order valence-corrected chi connectivity index (χ0v) is 16.6. The first-order valence-electron chi connectivity index (χ1n) is 9.07. The van der Waals surface area contributed by atoms with Crippen molar-refractivity contribution in [3.05, 3.63) is 52.5 Å². The second kappa shape index (κ2) is 7.27. The number of hydrogen-bond donors (Lipinski definition) is 1. The number of amides is 2. The third kappa shape index (κ3) is 3.54. The van der Waals surface area contributed by atoms with Crippen LogP contribution in [0.3, 0.4) is 0 Å². The summed E-state index contributed by atoms with van der Waals surface area (Å²) in [7, 11) is 0. The van der Waals surface area contributed by atoms with Gasteiger partial charge in [0.05, 0.1) is 23.0 Å². The molecule has 0 radical (unpaired) electrons. The van der Waals surface area contributed by atoms with Crippen LogP contribution in [0.2, 0.25) is 0 Å². The number of fused-ring (bicyclic) bond motifs is 2. The molecule has 1 N–H and O–H groups in total. The van der Waals surface area contributed by atoms with Gasteiger partial charge in [-0.15, -0.1) is 0 Å². The lowest BCUT2D eigenvalue weighted by atomic mass is 10.1. The predicted molar refractivity (Wildman–Crippen MR) is 111 cm³/mol. The number of anilines is 2. The molecule has 27 heavy (non-hydrogen) atoms. The molecule has 0 spiro atoms. The summed E-state index contributed by atoms with van der Waals surface area (Å²) in [4.78, 5) is 32.2. The first-order valence-corrected chi connectivity index (χ1v) is 9.86. The molecule has 2 aromatic rings. The van der Waals surface area contributed by atoms with Crippen LogP contribution < -0.4 is 10.2 Å². The van der Waals surface area contributed by atoms with Gasteiger partial charge in [-0.25, -0.2) is 0 Å². The van der Waals surface area contributed by atoms with E-state index in [2.05, 4.69) is 21.2 Å². The smallest absolute Gasteiger partial charge is 0.244 e. The third-order valence-electron chi connectivity index (χ3n) is 5.03. The van der Waals surface area contributed by atoms with Gasteiger partial charge in [0.2, 0.25) is 11.8 Å². The summed E-state index contributed by atoms with van der Waals surface area (Å²) in [6, 6.07) is 13.3. The van der Waals surface area contributed by atoms with Crippen LogP contribution in [0.25, 0.3) is 0 Å². The predicted octanol–water partition coefficient (Wildman–Crippen LogP) is 4.62. The zero-order chi connectivity index (χ0) is 19.0. The molecule has 0 saturated heterocycles. The van der Waals surface area contributed by atoms with Gasteiger partial charge in [0.15, 0.2) is 0 Å². The number of hydrogen-bond acceptors (Lipinski definition) is 3. The van der Waals surface area contributed by atoms with Crippen molar-refractivity contribution in [2.75, 3.05) is 16.8 Å². The van der Waals surface area contributed by atoms with Crippen molar-refractivity contribution in [3.8, 4) is 0 Å². The SMILES string of the molecule is Cc1ccc(NC(=O)CN2C(=O)[C@@H]3CCCC3=Nc3ccccc32)c(Br)c1. The Kier molecular flexibility index (Phi) is 4.83. The van der Waals surface area contributed by atoms with Gasteiger partial charge in [0.1, 0.15) is 6.54 Å². The van der Waals surface area contributed by atoms with Crippen LogP contribution in [0, 0.1) is 12.8 Å². The van der Waals surface area contributed by atoms with Crippen molar-refractivity contribution in [1.82, 2.24) is 0 Å². The topological polar surface area (TPSA) is 61.8 Å². The summed E-state index contributed by atoms with van der Waals surface area (Å²) < 4.78 is 0.819. The summed E-state index contributed by atoms with van der Waals surface area (Å²) in [5.74, 6) is -0.477. The third-order valence-corrected chi connectivity index (χ3v) is 5.69. The van der Waals surface area contributed by atoms with E-state index < -0.39 is 0 Å². The first-order chi connectivity index (χ1) is 13.0. The molecule has 1 saturated carbocycles. The highest BCUT2D eigenvalue weighted by Crippen LogP contribution is 2.37. The van der Waals surface area contributed by atoms with Crippen LogP contribution in [0.4, 0.5) is 17.1 Å². The Labute approximate surface area is 166 Å². The number of benzene rings is 2. The fourth-order valence-electron chi connectivity index (χ4n) is 3.69. The molecule has 138 valence electrons. The van der Waals surface area contributed by atoms with Crippen LogP contribution in [-0.4, -0.2) is 24.1 Å². The van der Waals surface area contributed by atoms with Gasteiger partial charge in [-0.1, -0.05) is 18.2 Å². The van der Waals surface area contributed by atoms with E-state index in [4.69, 9.17) is 4.99 Å². The average molecular weight is 426 g/mol. The molecule has 1 fully saturated rings. The van der Waals surface area contributed by atoms with Crippen LogP contribution in [-0.2, 0) is 9.59 Å². The molecular formula is C21H20BrN3O2. The average Bonchev–Trinajstić information content (AvgIpc) is 3.06. The molecule has 0 unspecified atom stereocenters. The molecule has 6 heteroatoms. The molecule has 0 bridgehead atoms. The minimum absolute atomic E-state index is 0.0323. The monoisotopic (exact) mass is 425 g/mol. The number of nitrogens with one attached hydrogen (secondary N) is 1. The summed E-state index contributed by atoms with van der Waals surface area (Å²) in [5, 5.41) is 2.90. The number of para-hydroxylation sites is 2. The lowest BCUT2D eigenvalue weighted by Crippen LogP contribution is -2.41. The summed E-state index contributed by atoms with van der Waals surface area (Å²) in [6.07, 6.45) is 2.61. The van der Waals surface area contributed by atoms with Crippen LogP contribution >= 0.6 is 15.9 Å². The molecule has 1 aliphatic carbocycles. The second-order valence-corrected chi connectivity index (χ2v) is 7.85. The molecule has 1 atom stereocenters. The van der Waals surface area contributed by atoms with Crippen LogP contribution in [0.15, 0.2) is 51.9 Å². The number of carbonyl (C=O) groups is 2. The summed E-state index contributed by atoms with van der Waals surface area (Å²) in [5.41, 5.74) is 4.19. The van der Waals surface area contributed by atoms with Crippen molar-refractivity contribution in [2.45, 2.75) is 26.2 Å². The lowest BCUT2D eigenvalue weighted by Gasteiger charge is -2.24. The molecule has 0 aromatic heterocycles. The van der Waals surface area contributed by atoms with Gasteiger partial charge in [-0.05, 0) is 71.9 Å². The van der Waals surface area contributed by atoms with Crippen molar-refractivity contribution in [1.29, 1.82) is 0 Å². The van der Waals surface area contributed by atoms with E-state index in [9.17, 15) is 9.59 Å². The van der Waals surface area contributed by atoms with Crippen molar-refractivity contribution in [2.24, 2.45) is 10.9 Å². The van der Waals surface area contributed by atoms with E-state index in [0.717, 1.165) is 40.7 Å². The maximum Gasteiger partial charge on any atom is 0.244 e. The van der Waals surface area contributed by atoms with Gasteiger partial charge in [-0.3, -0.25) is 14.6 Å². The number of aliphatic imine (C=N–C) groups is 1. The highest BCUT2D eigenvalue weighted by molar-refractivity contribution is 9.10. The molecular weight excluding hydrogens is 406 g/mol. The Morgan fingerprint density at radius 1 is 1.30 bits per heavy atom. The molecule has 2 aliphatic rings. The van der Waals surface area contributed by atoms with Gasteiger partial charge in [0.25, 0.3) is 0 Å². The fourth-order valence-corrected chi connectivity index (χ4v) is 4.29. The number of nitrogens with zero attached hydrogens (tertiary/aromatic N) is 2. The highest BCUT2D eigenvalue weighted by Gasteiger charge is 2.37. The highest BCUT2D eigenvalue weighted by atomic mass is 79.9. The maximum absolute atomic E-state index is 13.1. The quantitative estimate of drug-likeness (QED) is 0.779. The number of aryl methyl sites for hydroxylation is 1. The van der Waals surface area contributed by atoms with E-state index in [-0.39, 0.29) is 24.3 Å².